The molecule has 2 heteroatoms. The molecule has 0 radical (unpaired) electrons. The van der Waals surface area contributed by atoms with Crippen LogP contribution in [0.25, 0.3) is 0 Å². The van der Waals surface area contributed by atoms with E-state index in [0.29, 0.717) is 5.92 Å². The highest BCUT2D eigenvalue weighted by Crippen LogP contribution is 2.26. The summed E-state index contributed by atoms with van der Waals surface area (Å²) in [5, 5.41) is 0. The second kappa shape index (κ2) is 4.94. The summed E-state index contributed by atoms with van der Waals surface area (Å²) in [5.74, 6) is 0.317. The van der Waals surface area contributed by atoms with E-state index < -0.39 is 0 Å². The number of halogens is 2. The van der Waals surface area contributed by atoms with E-state index in [2.05, 4.69) is 36.4 Å². The monoisotopic (exact) mass is 292 g/mol. The van der Waals surface area contributed by atoms with Crippen LogP contribution in [0, 0.1) is 9.39 Å². The standard InChI is InChI=1S/C11H14FI/c1-3-8(4-2)10-6-5-9(13)7-11(10)12/h5-8H,3-4H2,1-2H3. The molecule has 0 nitrogen and oxygen atoms in total. The Hall–Kier alpha value is -0.120. The van der Waals surface area contributed by atoms with Gasteiger partial charge in [0.2, 0.25) is 0 Å². The lowest BCUT2D eigenvalue weighted by Crippen LogP contribution is -1.99. The Bertz CT molecular complexity index is 279. The maximum atomic E-state index is 13.5. The Morgan fingerprint density at radius 2 is 1.92 bits per heavy atom. The van der Waals surface area contributed by atoms with Crippen LogP contribution in [0.1, 0.15) is 38.2 Å². The van der Waals surface area contributed by atoms with Crippen molar-refractivity contribution in [1.29, 1.82) is 0 Å². The Morgan fingerprint density at radius 1 is 1.31 bits per heavy atom. The van der Waals surface area contributed by atoms with Gasteiger partial charge in [-0.05, 0) is 59.0 Å². The molecule has 0 spiro atoms. The first-order chi connectivity index (χ1) is 6.19. The van der Waals surface area contributed by atoms with E-state index in [0.717, 1.165) is 22.0 Å². The fourth-order valence-electron chi connectivity index (χ4n) is 1.56. The van der Waals surface area contributed by atoms with Crippen LogP contribution in [0.15, 0.2) is 18.2 Å². The van der Waals surface area contributed by atoms with Crippen molar-refractivity contribution in [2.75, 3.05) is 0 Å². The van der Waals surface area contributed by atoms with Gasteiger partial charge in [-0.2, -0.15) is 0 Å². The molecule has 0 aliphatic heterocycles. The Balaban J connectivity index is 2.99. The Labute approximate surface area is 92.7 Å². The van der Waals surface area contributed by atoms with Crippen LogP contribution in [0.4, 0.5) is 4.39 Å². The average molecular weight is 292 g/mol. The molecule has 0 fully saturated rings. The van der Waals surface area contributed by atoms with Gasteiger partial charge in [-0.3, -0.25) is 0 Å². The van der Waals surface area contributed by atoms with Gasteiger partial charge in [-0.15, -0.1) is 0 Å². The van der Waals surface area contributed by atoms with Crippen molar-refractivity contribution in [3.05, 3.63) is 33.1 Å². The van der Waals surface area contributed by atoms with Crippen LogP contribution in [0.2, 0.25) is 0 Å². The summed E-state index contributed by atoms with van der Waals surface area (Å²) in [6, 6.07) is 5.49. The predicted molar refractivity (Wildman–Crippen MR) is 62.4 cm³/mol. The largest absolute Gasteiger partial charge is 0.207 e. The summed E-state index contributed by atoms with van der Waals surface area (Å²) in [4.78, 5) is 0. The zero-order chi connectivity index (χ0) is 9.84. The Kier molecular flexibility index (Phi) is 4.16. The van der Waals surface area contributed by atoms with Crippen LogP contribution in [0.5, 0.6) is 0 Å². The first-order valence-electron chi connectivity index (χ1n) is 4.64. The first-order valence-corrected chi connectivity index (χ1v) is 5.71. The number of hydrogen-bond donors (Lipinski definition) is 0. The molecule has 0 atom stereocenters. The molecule has 0 amide bonds. The topological polar surface area (TPSA) is 0 Å². The van der Waals surface area contributed by atoms with Gasteiger partial charge < -0.3 is 0 Å². The van der Waals surface area contributed by atoms with Crippen molar-refractivity contribution < 1.29 is 4.39 Å². The van der Waals surface area contributed by atoms with Crippen molar-refractivity contribution in [3.63, 3.8) is 0 Å². The Morgan fingerprint density at radius 3 is 2.38 bits per heavy atom. The number of benzene rings is 1. The van der Waals surface area contributed by atoms with Gasteiger partial charge in [-0.25, -0.2) is 4.39 Å². The predicted octanol–water partition coefficient (Wildman–Crippen LogP) is 4.33. The fourth-order valence-corrected chi connectivity index (χ4v) is 2.01. The van der Waals surface area contributed by atoms with Gasteiger partial charge in [0.15, 0.2) is 0 Å². The summed E-state index contributed by atoms with van der Waals surface area (Å²) in [6.45, 7) is 4.21. The molecule has 13 heavy (non-hydrogen) atoms. The van der Waals surface area contributed by atoms with Gasteiger partial charge >= 0.3 is 0 Å². The second-order valence-corrected chi connectivity index (χ2v) is 4.42. The minimum Gasteiger partial charge on any atom is -0.207 e. The summed E-state index contributed by atoms with van der Waals surface area (Å²) in [7, 11) is 0. The van der Waals surface area contributed by atoms with E-state index in [1.807, 2.05) is 12.1 Å². The van der Waals surface area contributed by atoms with Crippen LogP contribution in [-0.4, -0.2) is 0 Å². The normalized spacial score (nSPS) is 10.8. The van der Waals surface area contributed by atoms with Crippen LogP contribution >= 0.6 is 22.6 Å². The molecular formula is C11H14FI. The molecule has 0 aliphatic carbocycles. The van der Waals surface area contributed by atoms with Gasteiger partial charge in [0.1, 0.15) is 5.82 Å². The quantitative estimate of drug-likeness (QED) is 0.727. The molecule has 0 heterocycles. The summed E-state index contributed by atoms with van der Waals surface area (Å²) in [5.41, 5.74) is 0.866. The smallest absolute Gasteiger partial charge is 0.127 e. The lowest BCUT2D eigenvalue weighted by Gasteiger charge is -2.13. The van der Waals surface area contributed by atoms with E-state index in [4.69, 9.17) is 0 Å². The van der Waals surface area contributed by atoms with Crippen molar-refractivity contribution in [1.82, 2.24) is 0 Å². The van der Waals surface area contributed by atoms with Crippen LogP contribution in [-0.2, 0) is 0 Å². The van der Waals surface area contributed by atoms with E-state index in [9.17, 15) is 4.39 Å². The van der Waals surface area contributed by atoms with Crippen LogP contribution < -0.4 is 0 Å². The SMILES string of the molecule is CCC(CC)c1ccc(I)cc1F. The van der Waals surface area contributed by atoms with Gasteiger partial charge in [0, 0.05) is 3.57 Å². The second-order valence-electron chi connectivity index (χ2n) is 3.18. The van der Waals surface area contributed by atoms with Gasteiger partial charge in [0.05, 0.1) is 0 Å². The van der Waals surface area contributed by atoms with E-state index in [1.165, 1.54) is 0 Å². The maximum Gasteiger partial charge on any atom is 0.127 e. The molecule has 1 aromatic carbocycles. The molecule has 72 valence electrons. The number of hydrogen-bond acceptors (Lipinski definition) is 0. The minimum absolute atomic E-state index is 0.0550. The molecule has 0 aromatic heterocycles. The highest BCUT2D eigenvalue weighted by molar-refractivity contribution is 14.1. The molecule has 0 saturated carbocycles. The summed E-state index contributed by atoms with van der Waals surface area (Å²) < 4.78 is 14.4. The third kappa shape index (κ3) is 2.66. The van der Waals surface area contributed by atoms with Crippen LogP contribution in [0.3, 0.4) is 0 Å². The van der Waals surface area contributed by atoms with Gasteiger partial charge in [-0.1, -0.05) is 19.9 Å². The molecule has 0 unspecified atom stereocenters. The third-order valence-corrected chi connectivity index (χ3v) is 3.06. The first kappa shape index (κ1) is 11.0. The zero-order valence-corrected chi connectivity index (χ0v) is 10.1. The highest BCUT2D eigenvalue weighted by Gasteiger charge is 2.11. The summed E-state index contributed by atoms with van der Waals surface area (Å²) >= 11 is 2.13. The molecule has 1 rings (SSSR count). The lowest BCUT2D eigenvalue weighted by molar-refractivity contribution is 0.557. The summed E-state index contributed by atoms with van der Waals surface area (Å²) in [6.07, 6.45) is 2.02. The lowest BCUT2D eigenvalue weighted by atomic mass is 9.94. The molecule has 0 bridgehead atoms. The van der Waals surface area contributed by atoms with Gasteiger partial charge in [0.25, 0.3) is 0 Å². The minimum atomic E-state index is -0.0550. The van der Waals surface area contributed by atoms with Crippen molar-refractivity contribution in [2.45, 2.75) is 32.6 Å². The third-order valence-electron chi connectivity index (χ3n) is 2.39. The van der Waals surface area contributed by atoms with Crippen molar-refractivity contribution in [2.24, 2.45) is 0 Å². The zero-order valence-electron chi connectivity index (χ0n) is 7.98. The molecular weight excluding hydrogens is 278 g/mol. The van der Waals surface area contributed by atoms with E-state index >= 15 is 0 Å². The van der Waals surface area contributed by atoms with E-state index in [1.54, 1.807) is 6.07 Å². The van der Waals surface area contributed by atoms with E-state index in [-0.39, 0.29) is 5.82 Å². The molecule has 0 aliphatic rings. The highest BCUT2D eigenvalue weighted by atomic mass is 127. The van der Waals surface area contributed by atoms with Crippen molar-refractivity contribution in [3.8, 4) is 0 Å². The molecule has 0 saturated heterocycles. The maximum absolute atomic E-state index is 13.5. The molecule has 0 N–H and O–H groups in total. The fraction of sp³-hybridized carbons (Fsp3) is 0.455. The number of rotatable bonds is 3. The molecule has 1 aromatic rings. The average Bonchev–Trinajstić information content (AvgIpc) is 2.10. The van der Waals surface area contributed by atoms with Crippen molar-refractivity contribution >= 4 is 22.6 Å².